The summed E-state index contributed by atoms with van der Waals surface area (Å²) in [6.07, 6.45) is 0.664. The molecule has 0 radical (unpaired) electrons. The van der Waals surface area contributed by atoms with Crippen LogP contribution in [-0.4, -0.2) is 17.8 Å². The van der Waals surface area contributed by atoms with E-state index in [1.54, 1.807) is 0 Å². The lowest BCUT2D eigenvalue weighted by molar-refractivity contribution is -0.117. The number of alkyl halides is 1. The first kappa shape index (κ1) is 12.6. The van der Waals surface area contributed by atoms with Gasteiger partial charge in [-0.3, -0.25) is 4.79 Å². The zero-order valence-electron chi connectivity index (χ0n) is 10.3. The van der Waals surface area contributed by atoms with Crippen molar-refractivity contribution < 1.29 is 4.79 Å². The molecular weight excluding hydrogens is 278 g/mol. The van der Waals surface area contributed by atoms with Crippen molar-refractivity contribution in [3.8, 4) is 0 Å². The van der Waals surface area contributed by atoms with Gasteiger partial charge in [0.1, 0.15) is 0 Å². The van der Waals surface area contributed by atoms with Gasteiger partial charge in [0, 0.05) is 24.0 Å². The SMILES string of the molecule is CC(C)c1ccccc1N1CC(CBr)CC1=O. The van der Waals surface area contributed by atoms with Crippen LogP contribution < -0.4 is 4.90 Å². The largest absolute Gasteiger partial charge is 0.312 e. The predicted molar refractivity (Wildman–Crippen MR) is 74.8 cm³/mol. The highest BCUT2D eigenvalue weighted by Gasteiger charge is 2.31. The predicted octanol–water partition coefficient (Wildman–Crippen LogP) is 3.56. The maximum Gasteiger partial charge on any atom is 0.227 e. The minimum atomic E-state index is 0.252. The van der Waals surface area contributed by atoms with Crippen LogP contribution in [0.2, 0.25) is 0 Å². The molecule has 0 N–H and O–H groups in total. The van der Waals surface area contributed by atoms with E-state index >= 15 is 0 Å². The van der Waals surface area contributed by atoms with Crippen LogP contribution in [0.1, 0.15) is 31.7 Å². The highest BCUT2D eigenvalue weighted by molar-refractivity contribution is 9.09. The van der Waals surface area contributed by atoms with Gasteiger partial charge in [-0.25, -0.2) is 0 Å². The summed E-state index contributed by atoms with van der Waals surface area (Å²) >= 11 is 3.47. The number of para-hydroxylation sites is 1. The van der Waals surface area contributed by atoms with Gasteiger partial charge in [-0.1, -0.05) is 48.0 Å². The molecule has 1 atom stereocenters. The van der Waals surface area contributed by atoms with Crippen molar-refractivity contribution in [1.29, 1.82) is 0 Å². The molecule has 0 spiro atoms. The third kappa shape index (κ3) is 2.54. The Labute approximate surface area is 111 Å². The number of benzene rings is 1. The third-order valence-electron chi connectivity index (χ3n) is 3.27. The fourth-order valence-electron chi connectivity index (χ4n) is 2.34. The minimum absolute atomic E-state index is 0.252. The van der Waals surface area contributed by atoms with Crippen LogP contribution in [0.15, 0.2) is 24.3 Å². The Morgan fingerprint density at radius 3 is 2.71 bits per heavy atom. The van der Waals surface area contributed by atoms with E-state index in [0.29, 0.717) is 18.3 Å². The molecule has 0 aromatic heterocycles. The lowest BCUT2D eigenvalue weighted by Gasteiger charge is -2.22. The molecule has 1 fully saturated rings. The molecule has 2 rings (SSSR count). The number of nitrogens with zero attached hydrogens (tertiary/aromatic N) is 1. The molecular formula is C14H18BrNO. The molecule has 1 aliphatic heterocycles. The van der Waals surface area contributed by atoms with Gasteiger partial charge in [0.25, 0.3) is 0 Å². The van der Waals surface area contributed by atoms with E-state index in [4.69, 9.17) is 0 Å². The van der Waals surface area contributed by atoms with E-state index in [0.717, 1.165) is 17.6 Å². The number of hydrogen-bond acceptors (Lipinski definition) is 1. The molecule has 3 heteroatoms. The smallest absolute Gasteiger partial charge is 0.227 e. The van der Waals surface area contributed by atoms with E-state index in [1.165, 1.54) is 5.56 Å². The molecule has 1 amide bonds. The summed E-state index contributed by atoms with van der Waals surface area (Å²) in [4.78, 5) is 14.0. The van der Waals surface area contributed by atoms with Gasteiger partial charge in [-0.05, 0) is 23.5 Å². The van der Waals surface area contributed by atoms with Gasteiger partial charge in [-0.15, -0.1) is 0 Å². The normalized spacial score (nSPS) is 20.4. The van der Waals surface area contributed by atoms with E-state index in [9.17, 15) is 4.79 Å². The van der Waals surface area contributed by atoms with Crippen molar-refractivity contribution in [2.75, 3.05) is 16.8 Å². The van der Waals surface area contributed by atoms with Crippen molar-refractivity contribution in [2.24, 2.45) is 5.92 Å². The average molecular weight is 296 g/mol. The van der Waals surface area contributed by atoms with Gasteiger partial charge in [0.05, 0.1) is 0 Å². The fourth-order valence-corrected chi connectivity index (χ4v) is 2.77. The molecule has 0 saturated carbocycles. The quantitative estimate of drug-likeness (QED) is 0.781. The number of halogens is 1. The van der Waals surface area contributed by atoms with Crippen LogP contribution in [0.4, 0.5) is 5.69 Å². The monoisotopic (exact) mass is 295 g/mol. The van der Waals surface area contributed by atoms with Crippen LogP contribution in [0.5, 0.6) is 0 Å². The molecule has 1 aliphatic rings. The van der Waals surface area contributed by atoms with Crippen LogP contribution in [-0.2, 0) is 4.79 Å². The van der Waals surface area contributed by atoms with Crippen molar-refractivity contribution in [3.05, 3.63) is 29.8 Å². The number of anilines is 1. The number of carbonyl (C=O) groups is 1. The fraction of sp³-hybridized carbons (Fsp3) is 0.500. The van der Waals surface area contributed by atoms with Crippen LogP contribution in [0.25, 0.3) is 0 Å². The highest BCUT2D eigenvalue weighted by Crippen LogP contribution is 2.32. The summed E-state index contributed by atoms with van der Waals surface area (Å²) in [7, 11) is 0. The summed E-state index contributed by atoms with van der Waals surface area (Å²) in [6.45, 7) is 5.18. The standard InChI is InChI=1S/C14H18BrNO/c1-10(2)12-5-3-4-6-13(12)16-9-11(8-15)7-14(16)17/h3-6,10-11H,7-9H2,1-2H3. The maximum absolute atomic E-state index is 12.0. The van der Waals surface area contributed by atoms with E-state index in [2.05, 4.69) is 41.9 Å². The Morgan fingerprint density at radius 2 is 2.12 bits per heavy atom. The molecule has 0 aliphatic carbocycles. The molecule has 1 aromatic carbocycles. The second-order valence-corrected chi connectivity index (χ2v) is 5.59. The zero-order chi connectivity index (χ0) is 12.4. The van der Waals surface area contributed by atoms with Crippen molar-refractivity contribution in [2.45, 2.75) is 26.2 Å². The topological polar surface area (TPSA) is 20.3 Å². The Balaban J connectivity index is 2.31. The maximum atomic E-state index is 12.0. The summed E-state index contributed by atoms with van der Waals surface area (Å²) < 4.78 is 0. The lowest BCUT2D eigenvalue weighted by Crippen LogP contribution is -2.26. The third-order valence-corrected chi connectivity index (χ3v) is 4.19. The molecule has 2 nitrogen and oxygen atoms in total. The van der Waals surface area contributed by atoms with Crippen molar-refractivity contribution in [1.82, 2.24) is 0 Å². The molecule has 0 bridgehead atoms. The second kappa shape index (κ2) is 5.21. The number of rotatable bonds is 3. The van der Waals surface area contributed by atoms with Gasteiger partial charge in [0.2, 0.25) is 5.91 Å². The van der Waals surface area contributed by atoms with E-state index in [-0.39, 0.29) is 5.91 Å². The zero-order valence-corrected chi connectivity index (χ0v) is 11.9. The molecule has 1 heterocycles. The molecule has 92 valence electrons. The highest BCUT2D eigenvalue weighted by atomic mass is 79.9. The van der Waals surface area contributed by atoms with Gasteiger partial charge in [-0.2, -0.15) is 0 Å². The first-order chi connectivity index (χ1) is 8.13. The van der Waals surface area contributed by atoms with Gasteiger partial charge < -0.3 is 4.90 Å². The van der Waals surface area contributed by atoms with Gasteiger partial charge >= 0.3 is 0 Å². The number of amides is 1. The van der Waals surface area contributed by atoms with E-state index < -0.39 is 0 Å². The summed E-state index contributed by atoms with van der Waals surface area (Å²) in [5.74, 6) is 1.15. The Hall–Kier alpha value is -0.830. The Morgan fingerprint density at radius 1 is 1.41 bits per heavy atom. The van der Waals surface area contributed by atoms with Gasteiger partial charge in [0.15, 0.2) is 0 Å². The first-order valence-corrected chi connectivity index (χ1v) is 7.21. The molecule has 1 aromatic rings. The van der Waals surface area contributed by atoms with E-state index in [1.807, 2.05) is 17.0 Å². The average Bonchev–Trinajstić information content (AvgIpc) is 2.70. The molecule has 17 heavy (non-hydrogen) atoms. The second-order valence-electron chi connectivity index (χ2n) is 4.94. The molecule has 1 saturated heterocycles. The summed E-state index contributed by atoms with van der Waals surface area (Å²) in [5, 5.41) is 0.902. The summed E-state index contributed by atoms with van der Waals surface area (Å²) in [6, 6.07) is 8.23. The van der Waals surface area contributed by atoms with Crippen molar-refractivity contribution in [3.63, 3.8) is 0 Å². The Kier molecular flexibility index (Phi) is 3.87. The van der Waals surface area contributed by atoms with Crippen LogP contribution in [0, 0.1) is 5.92 Å². The lowest BCUT2D eigenvalue weighted by atomic mass is 10.0. The molecule has 1 unspecified atom stereocenters. The van der Waals surface area contributed by atoms with Crippen LogP contribution >= 0.6 is 15.9 Å². The number of hydrogen-bond donors (Lipinski definition) is 0. The first-order valence-electron chi connectivity index (χ1n) is 6.08. The van der Waals surface area contributed by atoms with Crippen molar-refractivity contribution >= 4 is 27.5 Å². The number of carbonyl (C=O) groups excluding carboxylic acids is 1. The minimum Gasteiger partial charge on any atom is -0.312 e. The Bertz CT molecular complexity index is 416. The summed E-state index contributed by atoms with van der Waals surface area (Å²) in [5.41, 5.74) is 2.35. The van der Waals surface area contributed by atoms with Crippen LogP contribution in [0.3, 0.4) is 0 Å².